The Bertz CT molecular complexity index is 1420. The molecule has 7 heteroatoms. The normalized spacial score (nSPS) is 11.4. The minimum atomic E-state index is -0.202. The van der Waals surface area contributed by atoms with Crippen LogP contribution in [0.1, 0.15) is 18.2 Å². The molecule has 5 aromatic rings. The summed E-state index contributed by atoms with van der Waals surface area (Å²) < 4.78 is 3.35. The highest BCUT2D eigenvalue weighted by atomic mass is 35.5. The SMILES string of the molecule is CCc1nn2c(nnc3c(=O)n(Cc4ccc(Cl)cc4)ccc32)c1-c1ccccc1. The number of aryl methyl sites for hydroxylation is 1. The Balaban J connectivity index is 1.68. The summed E-state index contributed by atoms with van der Waals surface area (Å²) >= 11 is 5.95. The van der Waals surface area contributed by atoms with E-state index in [0.717, 1.165) is 28.8 Å². The maximum atomic E-state index is 13.1. The number of benzene rings is 2. The van der Waals surface area contributed by atoms with Crippen LogP contribution in [0.4, 0.5) is 0 Å². The molecule has 0 saturated carbocycles. The number of hydrogen-bond acceptors (Lipinski definition) is 4. The van der Waals surface area contributed by atoms with Gasteiger partial charge in [0.2, 0.25) is 0 Å². The van der Waals surface area contributed by atoms with Gasteiger partial charge in [-0.25, -0.2) is 4.52 Å². The van der Waals surface area contributed by atoms with Gasteiger partial charge in [-0.2, -0.15) is 5.10 Å². The Morgan fingerprint density at radius 3 is 2.47 bits per heavy atom. The van der Waals surface area contributed by atoms with Crippen LogP contribution in [0.15, 0.2) is 71.7 Å². The first-order chi connectivity index (χ1) is 14.7. The zero-order valence-electron chi connectivity index (χ0n) is 16.3. The highest BCUT2D eigenvalue weighted by molar-refractivity contribution is 6.30. The van der Waals surface area contributed by atoms with Gasteiger partial charge in [0.15, 0.2) is 11.2 Å². The molecule has 0 radical (unpaired) electrons. The number of rotatable bonds is 4. The smallest absolute Gasteiger partial charge is 0.280 e. The number of pyridine rings is 1. The van der Waals surface area contributed by atoms with Crippen molar-refractivity contribution in [1.82, 2.24) is 24.4 Å². The fraction of sp³-hybridized carbons (Fsp3) is 0.130. The number of aromatic nitrogens is 5. The van der Waals surface area contributed by atoms with Gasteiger partial charge in [-0.15, -0.1) is 10.2 Å². The van der Waals surface area contributed by atoms with Crippen LogP contribution in [0.2, 0.25) is 5.02 Å². The molecule has 0 aliphatic carbocycles. The second kappa shape index (κ2) is 7.39. The van der Waals surface area contributed by atoms with Gasteiger partial charge in [0.05, 0.1) is 17.8 Å². The average Bonchev–Trinajstić information content (AvgIpc) is 3.17. The minimum absolute atomic E-state index is 0.202. The molecule has 0 N–H and O–H groups in total. The Morgan fingerprint density at radius 1 is 0.967 bits per heavy atom. The van der Waals surface area contributed by atoms with Crippen molar-refractivity contribution in [3.63, 3.8) is 0 Å². The molecular formula is C23H18ClN5O. The van der Waals surface area contributed by atoms with Gasteiger partial charge in [-0.1, -0.05) is 61.0 Å². The minimum Gasteiger partial charge on any atom is -0.309 e. The quantitative estimate of drug-likeness (QED) is 0.437. The molecule has 0 bridgehead atoms. The Hall–Kier alpha value is -3.51. The van der Waals surface area contributed by atoms with Crippen molar-refractivity contribution in [2.45, 2.75) is 19.9 Å². The molecule has 2 aromatic carbocycles. The second-order valence-corrected chi connectivity index (χ2v) is 7.52. The molecule has 0 amide bonds. The maximum absolute atomic E-state index is 13.1. The average molecular weight is 416 g/mol. The van der Waals surface area contributed by atoms with Gasteiger partial charge in [0, 0.05) is 11.2 Å². The molecule has 0 spiro atoms. The van der Waals surface area contributed by atoms with Crippen LogP contribution in [-0.2, 0) is 13.0 Å². The predicted octanol–water partition coefficient (Wildman–Crippen LogP) is 4.37. The Kier molecular flexibility index (Phi) is 4.56. The summed E-state index contributed by atoms with van der Waals surface area (Å²) in [6.45, 7) is 2.49. The monoisotopic (exact) mass is 415 g/mol. The van der Waals surface area contributed by atoms with E-state index < -0.39 is 0 Å². The van der Waals surface area contributed by atoms with Crippen molar-refractivity contribution in [3.05, 3.63) is 93.5 Å². The summed E-state index contributed by atoms with van der Waals surface area (Å²) in [4.78, 5) is 13.1. The molecule has 0 aliphatic rings. The summed E-state index contributed by atoms with van der Waals surface area (Å²) in [5.74, 6) is 0. The van der Waals surface area contributed by atoms with Gasteiger partial charge in [0.1, 0.15) is 5.52 Å². The molecule has 3 heterocycles. The van der Waals surface area contributed by atoms with Crippen LogP contribution in [0.3, 0.4) is 0 Å². The molecule has 0 unspecified atom stereocenters. The van der Waals surface area contributed by atoms with Crippen molar-refractivity contribution < 1.29 is 0 Å². The van der Waals surface area contributed by atoms with E-state index in [4.69, 9.17) is 16.7 Å². The topological polar surface area (TPSA) is 65.1 Å². The van der Waals surface area contributed by atoms with Gasteiger partial charge < -0.3 is 4.57 Å². The van der Waals surface area contributed by atoms with E-state index >= 15 is 0 Å². The molecule has 0 atom stereocenters. The molecule has 5 rings (SSSR count). The van der Waals surface area contributed by atoms with Crippen LogP contribution in [0.5, 0.6) is 0 Å². The third-order valence-electron chi connectivity index (χ3n) is 5.19. The third-order valence-corrected chi connectivity index (χ3v) is 5.44. The third kappa shape index (κ3) is 3.06. The summed E-state index contributed by atoms with van der Waals surface area (Å²) in [5, 5.41) is 14.1. The van der Waals surface area contributed by atoms with E-state index in [1.807, 2.05) is 60.7 Å². The van der Waals surface area contributed by atoms with E-state index in [2.05, 4.69) is 17.1 Å². The lowest BCUT2D eigenvalue weighted by Crippen LogP contribution is -2.22. The van der Waals surface area contributed by atoms with Crippen LogP contribution in [0.25, 0.3) is 27.8 Å². The summed E-state index contributed by atoms with van der Waals surface area (Å²) in [6.07, 6.45) is 2.53. The van der Waals surface area contributed by atoms with E-state index in [1.165, 1.54) is 0 Å². The lowest BCUT2D eigenvalue weighted by Gasteiger charge is -2.08. The van der Waals surface area contributed by atoms with Crippen LogP contribution in [0, 0.1) is 0 Å². The van der Waals surface area contributed by atoms with Gasteiger partial charge in [0.25, 0.3) is 5.56 Å². The molecule has 6 nitrogen and oxygen atoms in total. The van der Waals surface area contributed by atoms with Gasteiger partial charge >= 0.3 is 0 Å². The van der Waals surface area contributed by atoms with Gasteiger partial charge in [-0.3, -0.25) is 4.79 Å². The standard InChI is InChI=1S/C23H18ClN5O/c1-2-18-20(16-6-4-3-5-7-16)22-26-25-21-19(29(22)27-18)12-13-28(23(21)30)14-15-8-10-17(24)11-9-15/h3-13H,2,14H2,1H3. The fourth-order valence-corrected chi connectivity index (χ4v) is 3.81. The van der Waals surface area contributed by atoms with Crippen molar-refractivity contribution in [2.75, 3.05) is 0 Å². The fourth-order valence-electron chi connectivity index (χ4n) is 3.69. The van der Waals surface area contributed by atoms with Crippen molar-refractivity contribution in [2.24, 2.45) is 0 Å². The van der Waals surface area contributed by atoms with E-state index in [-0.39, 0.29) is 5.56 Å². The molecule has 148 valence electrons. The van der Waals surface area contributed by atoms with Crippen LogP contribution >= 0.6 is 11.6 Å². The second-order valence-electron chi connectivity index (χ2n) is 7.09. The van der Waals surface area contributed by atoms with E-state index in [9.17, 15) is 4.79 Å². The highest BCUT2D eigenvalue weighted by Gasteiger charge is 2.18. The first-order valence-electron chi connectivity index (χ1n) is 9.73. The molecule has 3 aromatic heterocycles. The van der Waals surface area contributed by atoms with E-state index in [1.54, 1.807) is 15.3 Å². The Labute approximate surface area is 177 Å². The highest BCUT2D eigenvalue weighted by Crippen LogP contribution is 2.28. The zero-order valence-corrected chi connectivity index (χ0v) is 17.0. The van der Waals surface area contributed by atoms with Crippen molar-refractivity contribution in [1.29, 1.82) is 0 Å². The van der Waals surface area contributed by atoms with Crippen molar-refractivity contribution in [3.8, 4) is 11.1 Å². The number of fused-ring (bicyclic) bond motifs is 3. The predicted molar refractivity (Wildman–Crippen MR) is 118 cm³/mol. The molecule has 0 aliphatic heterocycles. The number of halogens is 1. The van der Waals surface area contributed by atoms with E-state index in [0.29, 0.717) is 28.2 Å². The number of nitrogens with zero attached hydrogens (tertiary/aromatic N) is 5. The van der Waals surface area contributed by atoms with Crippen LogP contribution in [-0.4, -0.2) is 24.4 Å². The Morgan fingerprint density at radius 2 is 1.73 bits per heavy atom. The summed E-state index contributed by atoms with van der Waals surface area (Å²) in [7, 11) is 0. The first kappa shape index (κ1) is 18.5. The molecule has 0 saturated heterocycles. The summed E-state index contributed by atoms with van der Waals surface area (Å²) in [6, 6.07) is 19.3. The largest absolute Gasteiger partial charge is 0.309 e. The maximum Gasteiger partial charge on any atom is 0.280 e. The number of hydrogen-bond donors (Lipinski definition) is 0. The van der Waals surface area contributed by atoms with Crippen LogP contribution < -0.4 is 5.56 Å². The molecule has 0 fully saturated rings. The lowest BCUT2D eigenvalue weighted by molar-refractivity contribution is 0.760. The first-order valence-corrected chi connectivity index (χ1v) is 10.1. The molecule has 30 heavy (non-hydrogen) atoms. The lowest BCUT2D eigenvalue weighted by atomic mass is 10.0. The van der Waals surface area contributed by atoms with Crippen molar-refractivity contribution >= 4 is 28.3 Å². The van der Waals surface area contributed by atoms with Gasteiger partial charge in [-0.05, 0) is 35.7 Å². The zero-order chi connectivity index (χ0) is 20.7. The summed E-state index contributed by atoms with van der Waals surface area (Å²) in [5.41, 5.74) is 5.29. The molecular weight excluding hydrogens is 398 g/mol.